The van der Waals surface area contributed by atoms with Gasteiger partial charge in [0, 0.05) is 6.54 Å². The molecule has 0 bridgehead atoms. The lowest BCUT2D eigenvalue weighted by atomic mass is 10.1. The maximum absolute atomic E-state index is 10.6. The summed E-state index contributed by atoms with van der Waals surface area (Å²) in [5.41, 5.74) is 2.04. The second-order valence-corrected chi connectivity index (χ2v) is 4.19. The zero-order valence-electron chi connectivity index (χ0n) is 10.6. The molecule has 0 spiro atoms. The van der Waals surface area contributed by atoms with Crippen molar-refractivity contribution in [2.75, 3.05) is 19.6 Å². The van der Waals surface area contributed by atoms with E-state index in [0.29, 0.717) is 13.0 Å². The van der Waals surface area contributed by atoms with Gasteiger partial charge in [-0.15, -0.1) is 0 Å². The molecule has 1 aromatic carbocycles. The summed E-state index contributed by atoms with van der Waals surface area (Å²) in [5, 5.41) is 17.4. The molecule has 0 saturated carbocycles. The number of rotatable bonds is 8. The molecule has 0 heterocycles. The first kappa shape index (κ1) is 14.9. The van der Waals surface area contributed by atoms with E-state index >= 15 is 0 Å². The summed E-state index contributed by atoms with van der Waals surface area (Å²) < 4.78 is 0. The minimum atomic E-state index is -1.02. The van der Waals surface area contributed by atoms with Gasteiger partial charge in [0.05, 0.1) is 13.1 Å². The molecule has 0 aliphatic heterocycles. The van der Waals surface area contributed by atoms with E-state index in [2.05, 4.69) is 6.58 Å². The lowest BCUT2D eigenvalue weighted by molar-refractivity contribution is -0.141. The minimum absolute atomic E-state index is 0.267. The van der Waals surface area contributed by atoms with Crippen molar-refractivity contribution >= 4 is 18.0 Å². The lowest BCUT2D eigenvalue weighted by Crippen LogP contribution is -2.35. The zero-order valence-corrected chi connectivity index (χ0v) is 10.6. The first-order chi connectivity index (χ1) is 9.01. The second-order valence-electron chi connectivity index (χ2n) is 4.19. The molecule has 0 aliphatic carbocycles. The number of carbonyl (C=O) groups is 2. The summed E-state index contributed by atoms with van der Waals surface area (Å²) >= 11 is 0. The van der Waals surface area contributed by atoms with Crippen LogP contribution in [0, 0.1) is 0 Å². The summed E-state index contributed by atoms with van der Waals surface area (Å²) in [7, 11) is 0. The van der Waals surface area contributed by atoms with Gasteiger partial charge in [-0.3, -0.25) is 14.5 Å². The van der Waals surface area contributed by atoms with E-state index in [1.54, 1.807) is 6.08 Å². The first-order valence-corrected chi connectivity index (χ1v) is 5.88. The highest BCUT2D eigenvalue weighted by atomic mass is 16.4. The Morgan fingerprint density at radius 2 is 1.63 bits per heavy atom. The largest absolute Gasteiger partial charge is 0.480 e. The number of carboxylic acid groups (broad SMARTS) is 2. The molecule has 1 rings (SSSR count). The fraction of sp³-hybridized carbons (Fsp3) is 0.286. The van der Waals surface area contributed by atoms with Crippen molar-refractivity contribution in [3.05, 3.63) is 42.0 Å². The van der Waals surface area contributed by atoms with E-state index in [4.69, 9.17) is 10.2 Å². The Kier molecular flexibility index (Phi) is 5.75. The van der Waals surface area contributed by atoms with E-state index in [-0.39, 0.29) is 13.1 Å². The van der Waals surface area contributed by atoms with Crippen molar-refractivity contribution in [3.63, 3.8) is 0 Å². The average molecular weight is 263 g/mol. The predicted molar refractivity (Wildman–Crippen MR) is 71.9 cm³/mol. The number of nitrogens with zero attached hydrogens (tertiary/aromatic N) is 1. The number of aliphatic carboxylic acids is 2. The van der Waals surface area contributed by atoms with Crippen molar-refractivity contribution in [2.45, 2.75) is 6.42 Å². The zero-order chi connectivity index (χ0) is 14.3. The third-order valence-corrected chi connectivity index (χ3v) is 2.65. The van der Waals surface area contributed by atoms with Gasteiger partial charge in [-0.25, -0.2) is 0 Å². The molecule has 19 heavy (non-hydrogen) atoms. The molecule has 0 aromatic heterocycles. The van der Waals surface area contributed by atoms with E-state index in [9.17, 15) is 9.59 Å². The molecular weight excluding hydrogens is 246 g/mol. The highest BCUT2D eigenvalue weighted by Gasteiger charge is 2.13. The molecular formula is C14H17NO4. The van der Waals surface area contributed by atoms with Gasteiger partial charge < -0.3 is 10.2 Å². The molecule has 0 saturated heterocycles. The second kappa shape index (κ2) is 7.33. The van der Waals surface area contributed by atoms with Crippen LogP contribution in [-0.4, -0.2) is 46.7 Å². The number of hydrogen-bond donors (Lipinski definition) is 2. The van der Waals surface area contributed by atoms with Crippen molar-refractivity contribution in [2.24, 2.45) is 0 Å². The monoisotopic (exact) mass is 263 g/mol. The van der Waals surface area contributed by atoms with Gasteiger partial charge in [-0.05, 0) is 17.5 Å². The molecule has 2 N–H and O–H groups in total. The highest BCUT2D eigenvalue weighted by Crippen LogP contribution is 2.07. The third kappa shape index (κ3) is 5.83. The first-order valence-electron chi connectivity index (χ1n) is 5.88. The Morgan fingerprint density at radius 3 is 2.05 bits per heavy atom. The normalized spacial score (nSPS) is 10.4. The van der Waals surface area contributed by atoms with Crippen LogP contribution in [0.4, 0.5) is 0 Å². The van der Waals surface area contributed by atoms with Crippen LogP contribution >= 0.6 is 0 Å². The Labute approximate surface area is 111 Å². The molecule has 0 amide bonds. The van der Waals surface area contributed by atoms with Crippen LogP contribution in [0.1, 0.15) is 11.1 Å². The van der Waals surface area contributed by atoms with E-state index in [1.165, 1.54) is 4.90 Å². The van der Waals surface area contributed by atoms with E-state index in [0.717, 1.165) is 11.1 Å². The van der Waals surface area contributed by atoms with Gasteiger partial charge in [0.1, 0.15) is 0 Å². The van der Waals surface area contributed by atoms with Crippen molar-refractivity contribution in [1.29, 1.82) is 0 Å². The minimum Gasteiger partial charge on any atom is -0.480 e. The van der Waals surface area contributed by atoms with Crippen LogP contribution in [0.3, 0.4) is 0 Å². The maximum Gasteiger partial charge on any atom is 0.317 e. The Morgan fingerprint density at radius 1 is 1.11 bits per heavy atom. The smallest absolute Gasteiger partial charge is 0.317 e. The van der Waals surface area contributed by atoms with E-state index < -0.39 is 11.9 Å². The predicted octanol–water partition coefficient (Wildman–Crippen LogP) is 1.34. The Hall–Kier alpha value is -2.14. The summed E-state index contributed by atoms with van der Waals surface area (Å²) in [4.78, 5) is 22.7. The molecule has 0 unspecified atom stereocenters. The number of hydrogen-bond acceptors (Lipinski definition) is 3. The van der Waals surface area contributed by atoms with Crippen LogP contribution in [0.5, 0.6) is 0 Å². The summed E-state index contributed by atoms with van der Waals surface area (Å²) in [5.74, 6) is -2.05. The average Bonchev–Trinajstić information content (AvgIpc) is 2.35. The van der Waals surface area contributed by atoms with Gasteiger partial charge in [-0.1, -0.05) is 36.9 Å². The van der Waals surface area contributed by atoms with Crippen molar-refractivity contribution in [1.82, 2.24) is 4.90 Å². The van der Waals surface area contributed by atoms with Crippen LogP contribution in [0.2, 0.25) is 0 Å². The van der Waals surface area contributed by atoms with Gasteiger partial charge in [0.15, 0.2) is 0 Å². The topological polar surface area (TPSA) is 77.8 Å². The standard InChI is InChI=1S/C14H17NO4/c1-2-11-3-5-12(6-4-11)7-8-15(9-13(16)17)10-14(18)19/h2-6H,1,7-10H2,(H,16,17)(H,18,19). The third-order valence-electron chi connectivity index (χ3n) is 2.65. The molecule has 0 radical (unpaired) electrons. The fourth-order valence-corrected chi connectivity index (χ4v) is 1.70. The van der Waals surface area contributed by atoms with Crippen LogP contribution in [0.15, 0.2) is 30.8 Å². The molecule has 102 valence electrons. The summed E-state index contributed by atoms with van der Waals surface area (Å²) in [6, 6.07) is 7.69. The summed E-state index contributed by atoms with van der Waals surface area (Å²) in [6.45, 7) is 3.52. The number of carboxylic acids is 2. The van der Waals surface area contributed by atoms with Gasteiger partial charge >= 0.3 is 11.9 Å². The Balaban J connectivity index is 2.56. The maximum atomic E-state index is 10.6. The highest BCUT2D eigenvalue weighted by molar-refractivity contribution is 5.72. The number of benzene rings is 1. The SMILES string of the molecule is C=Cc1ccc(CCN(CC(=O)O)CC(=O)O)cc1. The molecule has 0 atom stereocenters. The molecule has 5 nitrogen and oxygen atoms in total. The quantitative estimate of drug-likeness (QED) is 0.740. The molecule has 0 fully saturated rings. The molecule has 5 heteroatoms. The van der Waals surface area contributed by atoms with Crippen molar-refractivity contribution in [3.8, 4) is 0 Å². The van der Waals surface area contributed by atoms with Crippen LogP contribution in [0.25, 0.3) is 6.08 Å². The van der Waals surface area contributed by atoms with E-state index in [1.807, 2.05) is 24.3 Å². The fourth-order valence-electron chi connectivity index (χ4n) is 1.70. The Bertz CT molecular complexity index is 437. The van der Waals surface area contributed by atoms with Crippen LogP contribution in [-0.2, 0) is 16.0 Å². The summed E-state index contributed by atoms with van der Waals surface area (Å²) in [6.07, 6.45) is 2.35. The van der Waals surface area contributed by atoms with Gasteiger partial charge in [0.25, 0.3) is 0 Å². The van der Waals surface area contributed by atoms with Crippen molar-refractivity contribution < 1.29 is 19.8 Å². The van der Waals surface area contributed by atoms with Gasteiger partial charge in [-0.2, -0.15) is 0 Å². The lowest BCUT2D eigenvalue weighted by Gasteiger charge is -2.17. The van der Waals surface area contributed by atoms with Crippen LogP contribution < -0.4 is 0 Å². The molecule has 1 aromatic rings. The van der Waals surface area contributed by atoms with Gasteiger partial charge in [0.2, 0.25) is 0 Å². The molecule has 0 aliphatic rings.